The lowest BCUT2D eigenvalue weighted by molar-refractivity contribution is -0.145. The predicted molar refractivity (Wildman–Crippen MR) is 96.9 cm³/mol. The van der Waals surface area contributed by atoms with Crippen molar-refractivity contribution in [3.8, 4) is 11.5 Å². The van der Waals surface area contributed by atoms with E-state index < -0.39 is 17.1 Å². The monoisotopic (exact) mass is 463 g/mol. The van der Waals surface area contributed by atoms with Gasteiger partial charge in [-0.05, 0) is 65.0 Å². The molecule has 0 bridgehead atoms. The van der Waals surface area contributed by atoms with Crippen LogP contribution in [0.4, 0.5) is 4.79 Å². The fraction of sp³-hybridized carbons (Fsp3) is 0.267. The quantitative estimate of drug-likeness (QED) is 0.394. The molecular weight excluding hydrogens is 449 g/mol. The third-order valence-corrected chi connectivity index (χ3v) is 4.44. The molecule has 2 amide bonds. The second-order valence-electron chi connectivity index (χ2n) is 4.48. The summed E-state index contributed by atoms with van der Waals surface area (Å²) in [6.45, 7) is 1.77. The Morgan fingerprint density at radius 1 is 1.38 bits per heavy atom. The van der Waals surface area contributed by atoms with Crippen LogP contribution in [0.1, 0.15) is 12.5 Å². The molecule has 0 unspecified atom stereocenters. The lowest BCUT2D eigenvalue weighted by Gasteiger charge is -2.13. The van der Waals surface area contributed by atoms with Crippen molar-refractivity contribution >= 4 is 57.5 Å². The highest BCUT2D eigenvalue weighted by Gasteiger charge is 2.25. The van der Waals surface area contributed by atoms with Crippen LogP contribution in [0.2, 0.25) is 0 Å². The average Bonchev–Trinajstić information content (AvgIpc) is 2.83. The molecule has 1 fully saturated rings. The molecule has 1 heterocycles. The van der Waals surface area contributed by atoms with Crippen LogP contribution in [-0.4, -0.2) is 37.4 Å². The summed E-state index contributed by atoms with van der Waals surface area (Å²) in [6, 6.07) is 3.42. The Balaban J connectivity index is 2.24. The normalized spacial score (nSPS) is 15.4. The summed E-state index contributed by atoms with van der Waals surface area (Å²) in [5.41, 5.74) is 0.673. The third kappa shape index (κ3) is 4.63. The molecule has 0 aromatic heterocycles. The fourth-order valence-corrected chi connectivity index (χ4v) is 3.33. The Morgan fingerprint density at radius 3 is 2.71 bits per heavy atom. The van der Waals surface area contributed by atoms with Crippen molar-refractivity contribution in [2.45, 2.75) is 6.92 Å². The molecule has 24 heavy (non-hydrogen) atoms. The number of carbonyl (C=O) groups excluding carboxylic acids is 3. The molecule has 1 saturated heterocycles. The summed E-state index contributed by atoms with van der Waals surface area (Å²) in [4.78, 5) is 34.5. The Morgan fingerprint density at radius 2 is 2.12 bits per heavy atom. The molecule has 0 saturated carbocycles. The van der Waals surface area contributed by atoms with Gasteiger partial charge in [0.25, 0.3) is 11.1 Å². The van der Waals surface area contributed by atoms with E-state index in [1.165, 1.54) is 7.11 Å². The first-order chi connectivity index (χ1) is 11.4. The van der Waals surface area contributed by atoms with Crippen molar-refractivity contribution < 1.29 is 28.6 Å². The van der Waals surface area contributed by atoms with Gasteiger partial charge in [-0.2, -0.15) is 0 Å². The van der Waals surface area contributed by atoms with Gasteiger partial charge in [-0.3, -0.25) is 14.9 Å². The number of esters is 1. The molecular formula is C15H14INO6S. The highest BCUT2D eigenvalue weighted by Crippen LogP contribution is 2.35. The largest absolute Gasteiger partial charge is 0.493 e. The zero-order chi connectivity index (χ0) is 17.7. The van der Waals surface area contributed by atoms with Crippen LogP contribution in [0.25, 0.3) is 6.08 Å². The van der Waals surface area contributed by atoms with Crippen LogP contribution in [-0.2, 0) is 14.3 Å². The molecule has 0 radical (unpaired) electrons. The lowest BCUT2D eigenvalue weighted by Crippen LogP contribution is -2.17. The molecule has 1 aliphatic rings. The highest BCUT2D eigenvalue weighted by molar-refractivity contribution is 14.1. The summed E-state index contributed by atoms with van der Waals surface area (Å²) in [5, 5.41) is 1.79. The summed E-state index contributed by atoms with van der Waals surface area (Å²) in [6.07, 6.45) is 1.59. The second-order valence-corrected chi connectivity index (χ2v) is 6.66. The molecule has 1 N–H and O–H groups in total. The molecule has 1 aromatic rings. The minimum atomic E-state index is -0.473. The summed E-state index contributed by atoms with van der Waals surface area (Å²) in [7, 11) is 1.47. The van der Waals surface area contributed by atoms with Gasteiger partial charge in [0, 0.05) is 0 Å². The lowest BCUT2D eigenvalue weighted by atomic mass is 10.2. The summed E-state index contributed by atoms with van der Waals surface area (Å²) >= 11 is 2.88. The van der Waals surface area contributed by atoms with Gasteiger partial charge >= 0.3 is 5.97 Å². The predicted octanol–water partition coefficient (Wildman–Crippen LogP) is 2.57. The molecule has 0 atom stereocenters. The summed E-state index contributed by atoms with van der Waals surface area (Å²) < 4.78 is 16.3. The van der Waals surface area contributed by atoms with Crippen molar-refractivity contribution in [2.75, 3.05) is 20.3 Å². The van der Waals surface area contributed by atoms with Crippen molar-refractivity contribution in [3.05, 3.63) is 26.2 Å². The zero-order valence-corrected chi connectivity index (χ0v) is 15.9. The van der Waals surface area contributed by atoms with Gasteiger partial charge < -0.3 is 14.2 Å². The fourth-order valence-electron chi connectivity index (χ4n) is 1.87. The van der Waals surface area contributed by atoms with Gasteiger partial charge in [-0.1, -0.05) is 0 Å². The SMILES string of the molecule is CCOC(=O)COc1c(I)cc(/C=C2\SC(=O)NC2=O)cc1OC. The number of ether oxygens (including phenoxy) is 3. The van der Waals surface area contributed by atoms with Crippen LogP contribution >= 0.6 is 34.4 Å². The number of halogens is 1. The standard InChI is InChI=1S/C15H14INO6S/c1-3-22-12(18)7-23-13-9(16)4-8(5-10(13)21-2)6-11-14(19)17-15(20)24-11/h4-6H,3,7H2,1-2H3,(H,17,19,20)/b11-6-. The Kier molecular flexibility index (Phi) is 6.49. The minimum Gasteiger partial charge on any atom is -0.493 e. The van der Waals surface area contributed by atoms with E-state index in [0.717, 1.165) is 11.8 Å². The zero-order valence-electron chi connectivity index (χ0n) is 12.9. The van der Waals surface area contributed by atoms with E-state index in [4.69, 9.17) is 14.2 Å². The van der Waals surface area contributed by atoms with E-state index in [2.05, 4.69) is 5.32 Å². The maximum atomic E-state index is 11.6. The topological polar surface area (TPSA) is 90.9 Å². The molecule has 1 aromatic carbocycles. The van der Waals surface area contributed by atoms with Crippen molar-refractivity contribution in [2.24, 2.45) is 0 Å². The first kappa shape index (κ1) is 18.6. The van der Waals surface area contributed by atoms with Gasteiger partial charge in [0.05, 0.1) is 22.2 Å². The number of imide groups is 1. The van der Waals surface area contributed by atoms with Crippen molar-refractivity contribution in [3.63, 3.8) is 0 Å². The number of benzene rings is 1. The van der Waals surface area contributed by atoms with Gasteiger partial charge in [0.2, 0.25) is 0 Å². The maximum absolute atomic E-state index is 11.6. The number of amides is 2. The van der Waals surface area contributed by atoms with Crippen molar-refractivity contribution in [1.29, 1.82) is 0 Å². The van der Waals surface area contributed by atoms with Crippen molar-refractivity contribution in [1.82, 2.24) is 5.32 Å². The van der Waals surface area contributed by atoms with Crippen LogP contribution in [0.5, 0.6) is 11.5 Å². The molecule has 2 rings (SSSR count). The number of methoxy groups -OCH3 is 1. The van der Waals surface area contributed by atoms with Gasteiger partial charge in [-0.15, -0.1) is 0 Å². The maximum Gasteiger partial charge on any atom is 0.344 e. The van der Waals surface area contributed by atoms with E-state index in [1.54, 1.807) is 25.1 Å². The molecule has 0 aliphatic carbocycles. The molecule has 0 spiro atoms. The first-order valence-corrected chi connectivity index (χ1v) is 8.75. The van der Waals surface area contributed by atoms with Crippen LogP contribution in [0.15, 0.2) is 17.0 Å². The number of thioether (sulfide) groups is 1. The van der Waals surface area contributed by atoms with E-state index >= 15 is 0 Å². The van der Waals surface area contributed by atoms with E-state index in [1.807, 2.05) is 22.6 Å². The Bertz CT molecular complexity index is 718. The van der Waals surface area contributed by atoms with Crippen LogP contribution in [0.3, 0.4) is 0 Å². The molecule has 128 valence electrons. The summed E-state index contributed by atoms with van der Waals surface area (Å²) in [5.74, 6) is -0.0821. The molecule has 7 nitrogen and oxygen atoms in total. The number of hydrogen-bond acceptors (Lipinski definition) is 7. The number of carbonyl (C=O) groups is 3. The second kappa shape index (κ2) is 8.38. The van der Waals surface area contributed by atoms with Crippen LogP contribution in [0, 0.1) is 3.57 Å². The van der Waals surface area contributed by atoms with Gasteiger partial charge in [-0.25, -0.2) is 4.79 Å². The van der Waals surface area contributed by atoms with Crippen LogP contribution < -0.4 is 14.8 Å². The Hall–Kier alpha value is -1.75. The molecule has 9 heteroatoms. The van der Waals surface area contributed by atoms with Gasteiger partial charge in [0.1, 0.15) is 0 Å². The number of rotatable bonds is 6. The smallest absolute Gasteiger partial charge is 0.344 e. The van der Waals surface area contributed by atoms with E-state index in [-0.39, 0.29) is 13.2 Å². The Labute approximate surface area is 156 Å². The first-order valence-electron chi connectivity index (χ1n) is 6.85. The average molecular weight is 463 g/mol. The minimum absolute atomic E-state index is 0.229. The van der Waals surface area contributed by atoms with E-state index in [9.17, 15) is 14.4 Å². The number of nitrogens with one attached hydrogen (secondary N) is 1. The van der Waals surface area contributed by atoms with Gasteiger partial charge in [0.15, 0.2) is 18.1 Å². The third-order valence-electron chi connectivity index (χ3n) is 2.83. The highest BCUT2D eigenvalue weighted by atomic mass is 127. The van der Waals surface area contributed by atoms with E-state index in [0.29, 0.717) is 25.5 Å². The molecule has 1 aliphatic heterocycles. The number of hydrogen-bond donors (Lipinski definition) is 1.